The van der Waals surface area contributed by atoms with Crippen LogP contribution in [0.1, 0.15) is 77.0 Å². The molecule has 0 fully saturated rings. The van der Waals surface area contributed by atoms with E-state index in [9.17, 15) is 0 Å². The number of imidazole rings is 1. The van der Waals surface area contributed by atoms with Crippen molar-refractivity contribution in [2.75, 3.05) is 21.3 Å². The second kappa shape index (κ2) is 14.4. The minimum Gasteiger partial charge on any atom is -0.377 e. The predicted molar refractivity (Wildman–Crippen MR) is 109 cm³/mol. The summed E-state index contributed by atoms with van der Waals surface area (Å²) in [4.78, 5) is 4.54. The highest BCUT2D eigenvalue weighted by molar-refractivity contribution is 6.60. The molecule has 0 atom stereocenters. The Labute approximate surface area is 161 Å². The normalized spacial score (nSPS) is 12.0. The lowest BCUT2D eigenvalue weighted by Gasteiger charge is -2.24. The van der Waals surface area contributed by atoms with E-state index in [4.69, 9.17) is 13.3 Å². The van der Waals surface area contributed by atoms with Crippen molar-refractivity contribution in [3.63, 3.8) is 0 Å². The molecule has 0 saturated carbocycles. The largest absolute Gasteiger partial charge is 0.500 e. The Hall–Kier alpha value is -0.693. The molecule has 0 spiro atoms. The third-order valence-corrected chi connectivity index (χ3v) is 7.95. The van der Waals surface area contributed by atoms with E-state index >= 15 is 0 Å². The number of aryl methyl sites for hydroxylation is 2. The number of nitrogens with zero attached hydrogens (tertiary/aromatic N) is 2. The van der Waals surface area contributed by atoms with Crippen molar-refractivity contribution >= 4 is 8.80 Å². The van der Waals surface area contributed by atoms with Crippen molar-refractivity contribution in [1.82, 2.24) is 9.55 Å². The molecule has 0 aliphatic heterocycles. The van der Waals surface area contributed by atoms with Gasteiger partial charge < -0.3 is 17.8 Å². The maximum Gasteiger partial charge on any atom is 0.500 e. The summed E-state index contributed by atoms with van der Waals surface area (Å²) in [5.41, 5.74) is 0. The van der Waals surface area contributed by atoms with Gasteiger partial charge in [0.2, 0.25) is 0 Å². The van der Waals surface area contributed by atoms with Crippen LogP contribution in [-0.4, -0.2) is 39.7 Å². The fraction of sp³-hybridized carbons (Fsp3) is 0.850. The lowest BCUT2D eigenvalue weighted by atomic mass is 10.1. The highest BCUT2D eigenvalue weighted by atomic mass is 28.4. The number of rotatable bonds is 17. The zero-order valence-corrected chi connectivity index (χ0v) is 18.5. The summed E-state index contributed by atoms with van der Waals surface area (Å²) >= 11 is 0. The van der Waals surface area contributed by atoms with Gasteiger partial charge in [-0.05, 0) is 12.8 Å². The molecule has 0 aliphatic carbocycles. The van der Waals surface area contributed by atoms with Gasteiger partial charge in [-0.2, -0.15) is 0 Å². The molecule has 0 amide bonds. The van der Waals surface area contributed by atoms with Crippen LogP contribution in [0.4, 0.5) is 0 Å². The van der Waals surface area contributed by atoms with Gasteiger partial charge in [-0.3, -0.25) is 0 Å². The zero-order chi connectivity index (χ0) is 19.1. The number of unbranched alkanes of at least 4 members (excludes halogenated alkanes) is 8. The Morgan fingerprint density at radius 3 is 2.00 bits per heavy atom. The standard InChI is InChI=1S/C20H40N2O3Si/c1-5-6-7-8-9-10-11-12-13-15-20-21-16-18-22(20)17-14-19-26(23-2,24-3)25-4/h16,18H,5-15,17,19H2,1-4H3. The van der Waals surface area contributed by atoms with Crippen LogP contribution in [0.15, 0.2) is 12.4 Å². The highest BCUT2D eigenvalue weighted by Gasteiger charge is 2.36. The monoisotopic (exact) mass is 384 g/mol. The van der Waals surface area contributed by atoms with Crippen molar-refractivity contribution in [3.05, 3.63) is 18.2 Å². The first-order valence-electron chi connectivity index (χ1n) is 10.4. The fourth-order valence-corrected chi connectivity index (χ4v) is 5.09. The average Bonchev–Trinajstić information content (AvgIpc) is 3.11. The summed E-state index contributed by atoms with van der Waals surface area (Å²) in [6.45, 7) is 3.21. The van der Waals surface area contributed by atoms with Crippen LogP contribution in [-0.2, 0) is 26.2 Å². The molecule has 0 aliphatic rings. The smallest absolute Gasteiger partial charge is 0.377 e. The third kappa shape index (κ3) is 8.80. The molecular weight excluding hydrogens is 344 g/mol. The van der Waals surface area contributed by atoms with Gasteiger partial charge in [0.05, 0.1) is 0 Å². The maximum atomic E-state index is 5.49. The van der Waals surface area contributed by atoms with Gasteiger partial charge in [0, 0.05) is 52.7 Å². The lowest BCUT2D eigenvalue weighted by molar-refractivity contribution is 0.122. The van der Waals surface area contributed by atoms with Crippen LogP contribution >= 0.6 is 0 Å². The molecule has 1 aromatic rings. The summed E-state index contributed by atoms with van der Waals surface area (Å²) < 4.78 is 18.7. The number of hydrogen-bond donors (Lipinski definition) is 0. The Kier molecular flexibility index (Phi) is 12.9. The van der Waals surface area contributed by atoms with Crippen molar-refractivity contribution in [3.8, 4) is 0 Å². The first-order chi connectivity index (χ1) is 12.7. The minimum atomic E-state index is -2.45. The molecule has 0 saturated heterocycles. The van der Waals surface area contributed by atoms with Crippen LogP contribution in [0.3, 0.4) is 0 Å². The summed E-state index contributed by atoms with van der Waals surface area (Å²) in [5.74, 6) is 1.20. The van der Waals surface area contributed by atoms with E-state index in [-0.39, 0.29) is 0 Å². The quantitative estimate of drug-likeness (QED) is 0.273. The molecule has 26 heavy (non-hydrogen) atoms. The predicted octanol–water partition coefficient (Wildman–Crippen LogP) is 5.22. The second-order valence-electron chi connectivity index (χ2n) is 7.01. The van der Waals surface area contributed by atoms with Gasteiger partial charge in [0.25, 0.3) is 0 Å². The molecule has 5 nitrogen and oxygen atoms in total. The van der Waals surface area contributed by atoms with E-state index in [1.54, 1.807) is 21.3 Å². The SMILES string of the molecule is CCCCCCCCCCCc1nccn1CCC[Si](OC)(OC)OC. The molecule has 0 unspecified atom stereocenters. The van der Waals surface area contributed by atoms with E-state index in [1.165, 1.54) is 63.6 Å². The molecular formula is C20H40N2O3Si. The Morgan fingerprint density at radius 1 is 0.846 bits per heavy atom. The fourth-order valence-electron chi connectivity index (χ4n) is 3.39. The molecule has 1 heterocycles. The Balaban J connectivity index is 2.19. The van der Waals surface area contributed by atoms with Crippen molar-refractivity contribution in [2.45, 2.75) is 90.1 Å². The molecule has 1 aromatic heterocycles. The molecule has 152 valence electrons. The zero-order valence-electron chi connectivity index (χ0n) is 17.5. The lowest BCUT2D eigenvalue weighted by Crippen LogP contribution is -2.42. The van der Waals surface area contributed by atoms with Gasteiger partial charge >= 0.3 is 8.80 Å². The first kappa shape index (κ1) is 23.3. The minimum absolute atomic E-state index is 0.826. The van der Waals surface area contributed by atoms with E-state index in [2.05, 4.69) is 22.7 Å². The summed E-state index contributed by atoms with van der Waals surface area (Å²) in [6.07, 6.45) is 18.3. The average molecular weight is 385 g/mol. The maximum absolute atomic E-state index is 5.49. The van der Waals surface area contributed by atoms with Gasteiger partial charge in [0.15, 0.2) is 0 Å². The van der Waals surface area contributed by atoms with Gasteiger partial charge in [0.1, 0.15) is 5.82 Å². The van der Waals surface area contributed by atoms with Gasteiger partial charge in [-0.25, -0.2) is 4.98 Å². The van der Waals surface area contributed by atoms with Gasteiger partial charge in [-0.15, -0.1) is 0 Å². The van der Waals surface area contributed by atoms with E-state index in [0.29, 0.717) is 0 Å². The summed E-state index contributed by atoms with van der Waals surface area (Å²) in [7, 11) is 2.56. The van der Waals surface area contributed by atoms with Crippen molar-refractivity contribution in [2.24, 2.45) is 0 Å². The summed E-state index contributed by atoms with van der Waals surface area (Å²) in [6, 6.07) is 0.826. The van der Waals surface area contributed by atoms with Crippen LogP contribution in [0.2, 0.25) is 6.04 Å². The van der Waals surface area contributed by atoms with Crippen LogP contribution < -0.4 is 0 Å². The van der Waals surface area contributed by atoms with Crippen LogP contribution in [0.25, 0.3) is 0 Å². The van der Waals surface area contributed by atoms with Crippen LogP contribution in [0, 0.1) is 0 Å². The Bertz CT molecular complexity index is 442. The van der Waals surface area contributed by atoms with E-state index < -0.39 is 8.80 Å². The molecule has 0 bridgehead atoms. The van der Waals surface area contributed by atoms with Gasteiger partial charge in [-0.1, -0.05) is 58.3 Å². The molecule has 0 aromatic carbocycles. The summed E-state index contributed by atoms with van der Waals surface area (Å²) in [5, 5.41) is 0. The number of aromatic nitrogens is 2. The number of hydrogen-bond acceptors (Lipinski definition) is 4. The molecule has 0 radical (unpaired) electrons. The molecule has 6 heteroatoms. The Morgan fingerprint density at radius 2 is 1.42 bits per heavy atom. The topological polar surface area (TPSA) is 45.5 Å². The molecule has 0 N–H and O–H groups in total. The van der Waals surface area contributed by atoms with E-state index in [0.717, 1.165) is 25.4 Å². The third-order valence-electron chi connectivity index (χ3n) is 5.12. The van der Waals surface area contributed by atoms with Crippen molar-refractivity contribution in [1.29, 1.82) is 0 Å². The van der Waals surface area contributed by atoms with E-state index in [1.807, 2.05) is 6.20 Å². The first-order valence-corrected chi connectivity index (χ1v) is 12.3. The highest BCUT2D eigenvalue weighted by Crippen LogP contribution is 2.17. The van der Waals surface area contributed by atoms with Crippen LogP contribution in [0.5, 0.6) is 0 Å². The second-order valence-corrected chi connectivity index (χ2v) is 10.1. The van der Waals surface area contributed by atoms with Crippen molar-refractivity contribution < 1.29 is 13.3 Å². The molecule has 1 rings (SSSR count).